The standard InChI is InChI=1S/C38H27Cl2N3O6/c39-29-17-20-31(32(40)23-29)38(47)49-33-12-6-4-10-26(33)16-21-36(45)48-34-13-7-5-11-28(34)24-41-43-37(46)27-14-18-30(19-15-27)42-35(44)22-25-8-2-1-3-9-25/h1-21,23-24H,22H2,(H,42,44)(H,43,46)/b21-16+,41-24+. The molecule has 0 spiro atoms. The van der Waals surface area contributed by atoms with Gasteiger partial charge in [0.05, 0.1) is 23.2 Å². The Labute approximate surface area is 291 Å². The fraction of sp³-hybridized carbons (Fsp3) is 0.0263. The van der Waals surface area contributed by atoms with E-state index in [0.29, 0.717) is 27.4 Å². The molecular formula is C38H27Cl2N3O6. The summed E-state index contributed by atoms with van der Waals surface area (Å²) < 4.78 is 11.0. The minimum absolute atomic E-state index is 0.136. The lowest BCUT2D eigenvalue weighted by Gasteiger charge is -2.09. The van der Waals surface area contributed by atoms with Gasteiger partial charge in [0, 0.05) is 33.5 Å². The predicted octanol–water partition coefficient (Wildman–Crippen LogP) is 7.78. The highest BCUT2D eigenvalue weighted by Gasteiger charge is 2.15. The molecule has 244 valence electrons. The number of anilines is 1. The first kappa shape index (κ1) is 34.3. The number of rotatable bonds is 11. The van der Waals surface area contributed by atoms with E-state index in [0.717, 1.165) is 5.56 Å². The average Bonchev–Trinajstić information content (AvgIpc) is 3.09. The molecule has 0 aliphatic carbocycles. The highest BCUT2D eigenvalue weighted by molar-refractivity contribution is 6.36. The minimum atomic E-state index is -0.706. The van der Waals surface area contributed by atoms with Gasteiger partial charge in [-0.15, -0.1) is 0 Å². The van der Waals surface area contributed by atoms with Crippen molar-refractivity contribution in [1.82, 2.24) is 5.43 Å². The van der Waals surface area contributed by atoms with E-state index in [1.807, 2.05) is 30.3 Å². The summed E-state index contributed by atoms with van der Waals surface area (Å²) in [4.78, 5) is 50.4. The number of hydrogen-bond acceptors (Lipinski definition) is 7. The second-order valence-corrected chi connectivity index (χ2v) is 11.2. The summed E-state index contributed by atoms with van der Waals surface area (Å²) in [6.07, 6.45) is 4.22. The Morgan fingerprint density at radius 3 is 2.08 bits per heavy atom. The molecule has 0 unspecified atom stereocenters. The number of carbonyl (C=O) groups excluding carboxylic acids is 4. The summed E-state index contributed by atoms with van der Waals surface area (Å²) in [5.74, 6) is -1.65. The first-order valence-corrected chi connectivity index (χ1v) is 15.5. The molecule has 0 atom stereocenters. The molecule has 2 amide bonds. The molecular weight excluding hydrogens is 665 g/mol. The summed E-state index contributed by atoms with van der Waals surface area (Å²) in [6.45, 7) is 0. The monoisotopic (exact) mass is 691 g/mol. The molecule has 0 bridgehead atoms. The molecule has 5 rings (SSSR count). The van der Waals surface area contributed by atoms with E-state index in [9.17, 15) is 19.2 Å². The van der Waals surface area contributed by atoms with Crippen molar-refractivity contribution < 1.29 is 28.7 Å². The van der Waals surface area contributed by atoms with Gasteiger partial charge in [0.1, 0.15) is 11.5 Å². The van der Waals surface area contributed by atoms with Crippen molar-refractivity contribution in [3.8, 4) is 11.5 Å². The molecule has 0 aliphatic rings. The Hall–Kier alpha value is -6.03. The number of benzene rings is 5. The smallest absolute Gasteiger partial charge is 0.345 e. The van der Waals surface area contributed by atoms with Crippen LogP contribution in [0.15, 0.2) is 133 Å². The lowest BCUT2D eigenvalue weighted by atomic mass is 10.1. The number of nitrogens with zero attached hydrogens (tertiary/aromatic N) is 1. The van der Waals surface area contributed by atoms with Gasteiger partial charge in [-0.3, -0.25) is 9.59 Å². The SMILES string of the molecule is O=C(Cc1ccccc1)Nc1ccc(C(=O)N/N=C/c2ccccc2OC(=O)/C=C/c2ccccc2OC(=O)c2ccc(Cl)cc2Cl)cc1. The van der Waals surface area contributed by atoms with E-state index in [2.05, 4.69) is 15.8 Å². The molecule has 0 aromatic heterocycles. The van der Waals surface area contributed by atoms with Crippen LogP contribution in [0, 0.1) is 0 Å². The molecule has 0 heterocycles. The van der Waals surface area contributed by atoms with Gasteiger partial charge >= 0.3 is 11.9 Å². The van der Waals surface area contributed by atoms with Crippen molar-refractivity contribution in [2.45, 2.75) is 6.42 Å². The molecule has 11 heteroatoms. The molecule has 0 saturated carbocycles. The molecule has 2 N–H and O–H groups in total. The fourth-order valence-corrected chi connectivity index (χ4v) is 4.90. The number of ether oxygens (including phenoxy) is 2. The number of carbonyl (C=O) groups is 4. The number of hydrogen-bond donors (Lipinski definition) is 2. The summed E-state index contributed by atoms with van der Waals surface area (Å²) in [5, 5.41) is 7.34. The molecule has 0 fully saturated rings. The first-order chi connectivity index (χ1) is 23.7. The van der Waals surface area contributed by atoms with Crippen LogP contribution in [-0.2, 0) is 16.0 Å². The zero-order valence-electron chi connectivity index (χ0n) is 25.6. The summed E-state index contributed by atoms with van der Waals surface area (Å²) >= 11 is 12.1. The quantitative estimate of drug-likeness (QED) is 0.0480. The van der Waals surface area contributed by atoms with Gasteiger partial charge in [-0.05, 0) is 72.3 Å². The van der Waals surface area contributed by atoms with E-state index < -0.39 is 17.8 Å². The number of para-hydroxylation sites is 2. The first-order valence-electron chi connectivity index (χ1n) is 14.8. The number of hydrazone groups is 1. The van der Waals surface area contributed by atoms with Gasteiger partial charge < -0.3 is 14.8 Å². The van der Waals surface area contributed by atoms with Crippen LogP contribution < -0.4 is 20.2 Å². The van der Waals surface area contributed by atoms with Gasteiger partial charge in [0.15, 0.2) is 0 Å². The second kappa shape index (κ2) is 16.7. The van der Waals surface area contributed by atoms with Crippen LogP contribution in [0.3, 0.4) is 0 Å². The highest BCUT2D eigenvalue weighted by atomic mass is 35.5. The zero-order valence-corrected chi connectivity index (χ0v) is 27.2. The maximum Gasteiger partial charge on any atom is 0.345 e. The van der Waals surface area contributed by atoms with E-state index in [1.54, 1.807) is 72.8 Å². The van der Waals surface area contributed by atoms with E-state index in [4.69, 9.17) is 32.7 Å². The maximum atomic E-state index is 12.7. The molecule has 49 heavy (non-hydrogen) atoms. The Bertz CT molecular complexity index is 2050. The average molecular weight is 693 g/mol. The van der Waals surface area contributed by atoms with Crippen LogP contribution in [0.1, 0.15) is 37.4 Å². The largest absolute Gasteiger partial charge is 0.423 e. The van der Waals surface area contributed by atoms with Gasteiger partial charge in [-0.1, -0.05) is 83.9 Å². The van der Waals surface area contributed by atoms with Gasteiger partial charge in [-0.25, -0.2) is 15.0 Å². The van der Waals surface area contributed by atoms with Crippen molar-refractivity contribution in [3.63, 3.8) is 0 Å². The van der Waals surface area contributed by atoms with Crippen LogP contribution in [0.5, 0.6) is 11.5 Å². The van der Waals surface area contributed by atoms with Gasteiger partial charge in [-0.2, -0.15) is 5.10 Å². The predicted molar refractivity (Wildman–Crippen MR) is 189 cm³/mol. The van der Waals surface area contributed by atoms with E-state index in [1.165, 1.54) is 36.6 Å². The number of esters is 2. The second-order valence-electron chi connectivity index (χ2n) is 10.3. The van der Waals surface area contributed by atoms with Crippen LogP contribution >= 0.6 is 23.2 Å². The van der Waals surface area contributed by atoms with Crippen LogP contribution in [0.4, 0.5) is 5.69 Å². The van der Waals surface area contributed by atoms with E-state index >= 15 is 0 Å². The highest BCUT2D eigenvalue weighted by Crippen LogP contribution is 2.25. The lowest BCUT2D eigenvalue weighted by molar-refractivity contribution is -0.129. The number of amides is 2. The molecule has 0 radical (unpaired) electrons. The topological polar surface area (TPSA) is 123 Å². The number of halogens is 2. The number of nitrogens with one attached hydrogen (secondary N) is 2. The molecule has 0 aliphatic heterocycles. The third kappa shape index (κ3) is 9.98. The van der Waals surface area contributed by atoms with Crippen LogP contribution in [0.25, 0.3) is 6.08 Å². The Balaban J connectivity index is 1.16. The van der Waals surface area contributed by atoms with Crippen molar-refractivity contribution in [3.05, 3.63) is 165 Å². The molecule has 5 aromatic carbocycles. The third-order valence-corrected chi connectivity index (χ3v) is 7.36. The Kier molecular flexibility index (Phi) is 11.7. The van der Waals surface area contributed by atoms with Crippen molar-refractivity contribution in [1.29, 1.82) is 0 Å². The van der Waals surface area contributed by atoms with Crippen LogP contribution in [-0.4, -0.2) is 30.0 Å². The minimum Gasteiger partial charge on any atom is -0.423 e. The Morgan fingerprint density at radius 1 is 0.714 bits per heavy atom. The molecule has 5 aromatic rings. The lowest BCUT2D eigenvalue weighted by Crippen LogP contribution is -2.18. The van der Waals surface area contributed by atoms with Gasteiger partial charge in [0.2, 0.25) is 5.91 Å². The summed E-state index contributed by atoms with van der Waals surface area (Å²) in [7, 11) is 0. The normalized spacial score (nSPS) is 10.9. The van der Waals surface area contributed by atoms with Crippen molar-refractivity contribution >= 4 is 64.9 Å². The fourth-order valence-electron chi connectivity index (χ4n) is 4.42. The van der Waals surface area contributed by atoms with Crippen molar-refractivity contribution in [2.75, 3.05) is 5.32 Å². The molecule has 9 nitrogen and oxygen atoms in total. The molecule has 0 saturated heterocycles. The zero-order chi connectivity index (χ0) is 34.6. The summed E-state index contributed by atoms with van der Waals surface area (Å²) in [5.41, 5.74) is 5.22. The third-order valence-electron chi connectivity index (χ3n) is 6.81. The maximum absolute atomic E-state index is 12.7. The van der Waals surface area contributed by atoms with E-state index in [-0.39, 0.29) is 34.4 Å². The van der Waals surface area contributed by atoms with Crippen LogP contribution in [0.2, 0.25) is 10.0 Å². The van der Waals surface area contributed by atoms with Gasteiger partial charge in [0.25, 0.3) is 5.91 Å². The summed E-state index contributed by atoms with van der Waals surface area (Å²) in [6, 6.07) is 33.5. The van der Waals surface area contributed by atoms with Crippen molar-refractivity contribution in [2.24, 2.45) is 5.10 Å². The Morgan fingerprint density at radius 2 is 1.37 bits per heavy atom.